The Morgan fingerprint density at radius 2 is 1.77 bits per heavy atom. The fourth-order valence-corrected chi connectivity index (χ4v) is 6.10. The minimum Gasteiger partial charge on any atom is -0.496 e. The van der Waals surface area contributed by atoms with Crippen LogP contribution in [0.25, 0.3) is 0 Å². The summed E-state index contributed by atoms with van der Waals surface area (Å²) in [6.45, 7) is 5.28. The first-order chi connectivity index (χ1) is 16.5. The summed E-state index contributed by atoms with van der Waals surface area (Å²) in [6.07, 6.45) is 7.14. The van der Waals surface area contributed by atoms with E-state index in [1.54, 1.807) is 7.11 Å². The summed E-state index contributed by atoms with van der Waals surface area (Å²) in [4.78, 5) is 29.7. The lowest BCUT2D eigenvalue weighted by Crippen LogP contribution is -2.41. The van der Waals surface area contributed by atoms with Crippen LogP contribution in [-0.2, 0) is 24.1 Å². The monoisotopic (exact) mass is 496 g/mol. The third-order valence-corrected chi connectivity index (χ3v) is 8.13. The van der Waals surface area contributed by atoms with Crippen molar-refractivity contribution in [2.75, 3.05) is 31.6 Å². The Hall–Kier alpha value is -2.37. The van der Waals surface area contributed by atoms with E-state index in [1.807, 2.05) is 17.0 Å². The van der Waals surface area contributed by atoms with Gasteiger partial charge < -0.3 is 14.5 Å². The summed E-state index contributed by atoms with van der Waals surface area (Å²) in [5, 5.41) is 0. The van der Waals surface area contributed by atoms with Gasteiger partial charge in [0.05, 0.1) is 12.8 Å². The molecule has 0 aliphatic carbocycles. The normalized spacial score (nSPS) is 18.7. The summed E-state index contributed by atoms with van der Waals surface area (Å²) in [5.74, 6) is 2.09. The van der Waals surface area contributed by atoms with Gasteiger partial charge in [-0.15, -0.1) is 12.4 Å². The van der Waals surface area contributed by atoms with Crippen molar-refractivity contribution in [1.29, 1.82) is 0 Å². The van der Waals surface area contributed by atoms with Crippen LogP contribution in [0.4, 0.5) is 5.69 Å². The standard InChI is InChI=1S/C29H36N2O3.ClH/c1-20(17-22-5-3-4-6-27(22)34-2)30-14-11-21(12-15-30)7-9-26(32)25-18-23-8-10-28(33)31-16-13-24(19-25)29(23)31;/h3-6,18-21H,7-17H2,1-2H3;1H. The molecule has 5 rings (SSSR count). The van der Waals surface area contributed by atoms with Crippen LogP contribution in [-0.4, -0.2) is 49.4 Å². The lowest BCUT2D eigenvalue weighted by molar-refractivity contribution is -0.118. The van der Waals surface area contributed by atoms with Gasteiger partial charge in [-0.05, 0) is 99.3 Å². The van der Waals surface area contributed by atoms with Crippen molar-refractivity contribution in [2.24, 2.45) is 5.92 Å². The molecule has 5 nitrogen and oxygen atoms in total. The Kier molecular flexibility index (Phi) is 8.18. The molecule has 3 aliphatic heterocycles. The van der Waals surface area contributed by atoms with Crippen LogP contribution >= 0.6 is 12.4 Å². The van der Waals surface area contributed by atoms with Crippen LogP contribution in [0.15, 0.2) is 36.4 Å². The van der Waals surface area contributed by atoms with Gasteiger partial charge in [-0.2, -0.15) is 0 Å². The molecule has 0 saturated carbocycles. The van der Waals surface area contributed by atoms with E-state index in [0.717, 1.165) is 75.2 Å². The number of ether oxygens (including phenoxy) is 1. The average Bonchev–Trinajstić information content (AvgIpc) is 3.31. The molecule has 188 valence electrons. The van der Waals surface area contributed by atoms with Gasteiger partial charge in [-0.25, -0.2) is 0 Å². The summed E-state index contributed by atoms with van der Waals surface area (Å²) in [5.41, 5.74) is 5.60. The molecule has 6 heteroatoms. The molecular weight excluding hydrogens is 460 g/mol. The van der Waals surface area contributed by atoms with Crippen molar-refractivity contribution < 1.29 is 14.3 Å². The lowest BCUT2D eigenvalue weighted by Gasteiger charge is -2.36. The zero-order chi connectivity index (χ0) is 23.7. The molecule has 3 heterocycles. The third-order valence-electron chi connectivity index (χ3n) is 8.13. The predicted octanol–water partition coefficient (Wildman–Crippen LogP) is 5.26. The first kappa shape index (κ1) is 25.7. The van der Waals surface area contributed by atoms with E-state index < -0.39 is 0 Å². The number of hydrogen-bond acceptors (Lipinski definition) is 4. The molecule has 1 saturated heterocycles. The molecule has 1 amide bonds. The van der Waals surface area contributed by atoms with Crippen molar-refractivity contribution in [3.63, 3.8) is 0 Å². The summed E-state index contributed by atoms with van der Waals surface area (Å²) < 4.78 is 5.53. The highest BCUT2D eigenvalue weighted by atomic mass is 35.5. The van der Waals surface area contributed by atoms with E-state index in [0.29, 0.717) is 24.8 Å². The van der Waals surface area contributed by atoms with Gasteiger partial charge in [0.25, 0.3) is 0 Å². The highest BCUT2D eigenvalue weighted by Gasteiger charge is 2.32. The highest BCUT2D eigenvalue weighted by Crippen LogP contribution is 2.38. The number of likely N-dealkylation sites (tertiary alicyclic amines) is 1. The second kappa shape index (κ2) is 11.1. The molecular formula is C29H37ClN2O3. The molecule has 1 unspecified atom stereocenters. The maximum atomic E-state index is 13.1. The molecule has 0 N–H and O–H groups in total. The Labute approximate surface area is 215 Å². The number of benzene rings is 2. The number of Topliss-reactive ketones (excluding diaryl/α,β-unsaturated/α-hetero) is 1. The Bertz CT molecular complexity index is 1080. The van der Waals surface area contributed by atoms with Gasteiger partial charge in [0.1, 0.15) is 5.75 Å². The Morgan fingerprint density at radius 3 is 2.51 bits per heavy atom. The van der Waals surface area contributed by atoms with E-state index in [1.165, 1.54) is 16.7 Å². The minimum atomic E-state index is 0. The number of para-hydroxylation sites is 1. The maximum absolute atomic E-state index is 13.1. The molecule has 1 fully saturated rings. The van der Waals surface area contributed by atoms with Crippen molar-refractivity contribution >= 4 is 29.8 Å². The van der Waals surface area contributed by atoms with Crippen LogP contribution in [0.3, 0.4) is 0 Å². The number of anilines is 1. The molecule has 35 heavy (non-hydrogen) atoms. The molecule has 1 atom stereocenters. The number of hydrogen-bond donors (Lipinski definition) is 0. The zero-order valence-electron chi connectivity index (χ0n) is 20.9. The third kappa shape index (κ3) is 5.41. The number of aryl methyl sites for hydroxylation is 1. The second-order valence-corrected chi connectivity index (χ2v) is 10.2. The number of methoxy groups -OCH3 is 1. The molecule has 2 aromatic rings. The van der Waals surface area contributed by atoms with Gasteiger partial charge in [-0.1, -0.05) is 18.2 Å². The number of rotatable bonds is 8. The smallest absolute Gasteiger partial charge is 0.227 e. The number of carbonyl (C=O) groups is 2. The van der Waals surface area contributed by atoms with Crippen LogP contribution in [0.2, 0.25) is 0 Å². The van der Waals surface area contributed by atoms with Crippen LogP contribution in [0.1, 0.15) is 66.1 Å². The largest absolute Gasteiger partial charge is 0.496 e. The molecule has 3 aliphatic rings. The summed E-state index contributed by atoms with van der Waals surface area (Å²) >= 11 is 0. The highest BCUT2D eigenvalue weighted by molar-refractivity contribution is 6.02. The molecule has 0 spiro atoms. The fourth-order valence-electron chi connectivity index (χ4n) is 6.10. The number of nitrogens with zero attached hydrogens (tertiary/aromatic N) is 2. The summed E-state index contributed by atoms with van der Waals surface area (Å²) in [7, 11) is 1.74. The van der Waals surface area contributed by atoms with E-state index in [-0.39, 0.29) is 24.1 Å². The van der Waals surface area contributed by atoms with Crippen molar-refractivity contribution in [3.8, 4) is 5.75 Å². The number of ketones is 1. The number of amides is 1. The number of halogens is 1. The van der Waals surface area contributed by atoms with Gasteiger partial charge in [0.2, 0.25) is 5.91 Å². The quantitative estimate of drug-likeness (QED) is 0.468. The SMILES string of the molecule is COc1ccccc1CC(C)N1CCC(CCC(=O)c2cc3c4c(c2)CCN4C(=O)CC3)CC1.Cl. The first-order valence-electron chi connectivity index (χ1n) is 12.9. The van der Waals surface area contributed by atoms with E-state index in [4.69, 9.17) is 4.74 Å². The zero-order valence-corrected chi connectivity index (χ0v) is 21.7. The number of piperidine rings is 1. The van der Waals surface area contributed by atoms with Crippen LogP contribution in [0.5, 0.6) is 5.75 Å². The van der Waals surface area contributed by atoms with Gasteiger partial charge in [0, 0.05) is 31.0 Å². The van der Waals surface area contributed by atoms with Gasteiger partial charge in [-0.3, -0.25) is 9.59 Å². The van der Waals surface area contributed by atoms with E-state index >= 15 is 0 Å². The van der Waals surface area contributed by atoms with Crippen molar-refractivity contribution in [3.05, 3.63) is 58.7 Å². The van der Waals surface area contributed by atoms with Crippen molar-refractivity contribution in [1.82, 2.24) is 4.90 Å². The van der Waals surface area contributed by atoms with Crippen molar-refractivity contribution in [2.45, 2.75) is 64.3 Å². The summed E-state index contributed by atoms with van der Waals surface area (Å²) in [6, 6.07) is 12.9. The fraction of sp³-hybridized carbons (Fsp3) is 0.517. The maximum Gasteiger partial charge on any atom is 0.227 e. The number of carbonyl (C=O) groups excluding carboxylic acids is 2. The molecule has 2 aromatic carbocycles. The molecule has 0 bridgehead atoms. The Balaban J connectivity index is 0.00000289. The van der Waals surface area contributed by atoms with Crippen LogP contribution in [0, 0.1) is 5.92 Å². The lowest BCUT2D eigenvalue weighted by atomic mass is 9.88. The van der Waals surface area contributed by atoms with E-state index in [2.05, 4.69) is 36.1 Å². The van der Waals surface area contributed by atoms with E-state index in [9.17, 15) is 9.59 Å². The first-order valence-corrected chi connectivity index (χ1v) is 12.9. The second-order valence-electron chi connectivity index (χ2n) is 10.2. The molecule has 0 radical (unpaired) electrons. The Morgan fingerprint density at radius 1 is 1.06 bits per heavy atom. The minimum absolute atomic E-state index is 0. The topological polar surface area (TPSA) is 49.9 Å². The van der Waals surface area contributed by atoms with Gasteiger partial charge >= 0.3 is 0 Å². The van der Waals surface area contributed by atoms with Gasteiger partial charge in [0.15, 0.2) is 5.78 Å². The molecule has 0 aromatic heterocycles. The van der Waals surface area contributed by atoms with Crippen LogP contribution < -0.4 is 9.64 Å². The average molecular weight is 497 g/mol. The predicted molar refractivity (Wildman–Crippen MR) is 142 cm³/mol.